The molecular formula is C61H104N4O2+4. The van der Waals surface area contributed by atoms with Gasteiger partial charge in [-0.25, -0.2) is 0 Å². The van der Waals surface area contributed by atoms with Gasteiger partial charge in [-0.15, -0.1) is 0 Å². The van der Waals surface area contributed by atoms with Crippen molar-refractivity contribution in [2.45, 2.75) is 253 Å². The van der Waals surface area contributed by atoms with Gasteiger partial charge in [0, 0.05) is 18.4 Å². The van der Waals surface area contributed by atoms with Gasteiger partial charge in [0.05, 0.1) is 63.5 Å². The SMILES string of the molecule is CCCC[N+](CCCC)(CCCC)CCCC(C)(CCC[N+](CCCC)(CCCC)CCCC)c1ccc2c(c1)C=[N+]1C3CCCCC3[N+]3=Cc4cc(C(C)(C)C)cc(C(C)(C)C)c4OC13O2. The fourth-order valence-electron chi connectivity index (χ4n) is 12.7. The van der Waals surface area contributed by atoms with Crippen molar-refractivity contribution >= 4 is 12.4 Å². The quantitative estimate of drug-likeness (QED) is 0.0659. The maximum absolute atomic E-state index is 7.52. The van der Waals surface area contributed by atoms with E-state index in [1.54, 1.807) is 0 Å². The summed E-state index contributed by atoms with van der Waals surface area (Å²) in [6.45, 7) is 41.7. The van der Waals surface area contributed by atoms with E-state index in [9.17, 15) is 0 Å². The molecule has 1 saturated carbocycles. The number of quaternary nitrogens is 2. The van der Waals surface area contributed by atoms with Crippen molar-refractivity contribution in [2.24, 2.45) is 0 Å². The summed E-state index contributed by atoms with van der Waals surface area (Å²) in [4.78, 5) is 0. The zero-order valence-electron chi connectivity index (χ0n) is 46.1. The van der Waals surface area contributed by atoms with E-state index in [0.29, 0.717) is 12.1 Å². The second kappa shape index (κ2) is 23.0. The molecule has 3 unspecified atom stereocenters. The third-order valence-corrected chi connectivity index (χ3v) is 17.2. The van der Waals surface area contributed by atoms with Crippen molar-refractivity contribution in [2.75, 3.05) is 52.4 Å². The van der Waals surface area contributed by atoms with Crippen molar-refractivity contribution in [1.82, 2.24) is 0 Å². The van der Waals surface area contributed by atoms with Gasteiger partial charge in [0.1, 0.15) is 0 Å². The molecule has 1 saturated heterocycles. The fourth-order valence-corrected chi connectivity index (χ4v) is 12.7. The molecular weight excluding hydrogens is 821 g/mol. The second-order valence-corrected chi connectivity index (χ2v) is 24.8. The Labute approximate surface area is 413 Å². The summed E-state index contributed by atoms with van der Waals surface area (Å²) in [7, 11) is 0. The van der Waals surface area contributed by atoms with Gasteiger partial charge in [-0.3, -0.25) is 0 Å². The Kier molecular flexibility index (Phi) is 18.4. The lowest BCUT2D eigenvalue weighted by atomic mass is 9.74. The molecule has 0 radical (unpaired) electrons. The average Bonchev–Trinajstić information content (AvgIpc) is 3.57. The lowest BCUT2D eigenvalue weighted by molar-refractivity contribution is -0.929. The Bertz CT molecular complexity index is 1880. The van der Waals surface area contributed by atoms with Crippen LogP contribution < -0.4 is 9.47 Å². The zero-order valence-corrected chi connectivity index (χ0v) is 46.1. The first-order chi connectivity index (χ1) is 32.0. The average molecular weight is 926 g/mol. The molecule has 67 heavy (non-hydrogen) atoms. The van der Waals surface area contributed by atoms with Gasteiger partial charge in [0.25, 0.3) is 0 Å². The highest BCUT2D eigenvalue weighted by molar-refractivity contribution is 5.84. The van der Waals surface area contributed by atoms with Crippen molar-refractivity contribution in [3.63, 3.8) is 0 Å². The van der Waals surface area contributed by atoms with Gasteiger partial charge in [0.2, 0.25) is 12.1 Å². The first-order valence-corrected chi connectivity index (χ1v) is 28.6. The molecule has 1 aliphatic carbocycles. The molecule has 6 heteroatoms. The molecule has 376 valence electrons. The van der Waals surface area contributed by atoms with Crippen LogP contribution in [0.15, 0.2) is 30.3 Å². The van der Waals surface area contributed by atoms with E-state index in [2.05, 4.69) is 142 Å². The first kappa shape index (κ1) is 53.6. The Morgan fingerprint density at radius 1 is 0.507 bits per heavy atom. The summed E-state index contributed by atoms with van der Waals surface area (Å²) in [5.41, 5.74) is 6.57. The van der Waals surface area contributed by atoms with E-state index in [4.69, 9.17) is 9.47 Å². The van der Waals surface area contributed by atoms with Gasteiger partial charge in [-0.2, -0.15) is 0 Å². The Balaban J connectivity index is 1.39. The fraction of sp³-hybridized carbons (Fsp3) is 0.770. The Morgan fingerprint density at radius 2 is 0.925 bits per heavy atom. The van der Waals surface area contributed by atoms with Crippen LogP contribution in [0.5, 0.6) is 11.5 Å². The number of nitrogens with zero attached hydrogens (tertiary/aromatic N) is 4. The number of rotatable bonds is 27. The lowest BCUT2D eigenvalue weighted by Gasteiger charge is -2.42. The summed E-state index contributed by atoms with van der Waals surface area (Å²) in [5.74, 6) is 1.94. The number of unbranched alkanes of at least 4 members (excludes halogenated alkanes) is 6. The van der Waals surface area contributed by atoms with Crippen LogP contribution in [0.4, 0.5) is 0 Å². The predicted octanol–water partition coefficient (Wildman–Crippen LogP) is 14.8. The summed E-state index contributed by atoms with van der Waals surface area (Å²) >= 11 is 0. The van der Waals surface area contributed by atoms with Gasteiger partial charge < -0.3 is 18.4 Å². The number of hydrogen-bond donors (Lipinski definition) is 0. The number of hydrogen-bond acceptors (Lipinski definition) is 2. The maximum atomic E-state index is 7.52. The second-order valence-electron chi connectivity index (χ2n) is 24.8. The maximum Gasteiger partial charge on any atom is 0.704 e. The normalized spacial score (nSPS) is 20.5. The standard InChI is InChI=1S/C61H104N4O2/c1-14-20-36-64(37-21-15-2,38-22-16-3)42-28-34-60(13,35-29-43-65(39-23-17-4,40-24-18-5)41-25-19-6)51-32-33-56-49(44-51)47-62-54-30-26-27-31-55(54)63-48-50-45-52(58(7,8)9)46-53(59(10,11)12)57(50)67-61(62,63)66-56/h32-33,44-48,54-55H,14-31,34-43H2,1-13H3/q+4. The molecule has 0 aromatic heterocycles. The summed E-state index contributed by atoms with van der Waals surface area (Å²) in [6, 6.07) is 11.8. The van der Waals surface area contributed by atoms with Crippen LogP contribution in [0, 0.1) is 0 Å². The molecule has 0 bridgehead atoms. The van der Waals surface area contributed by atoms with Gasteiger partial charge in [-0.1, -0.05) is 150 Å². The molecule has 6 rings (SSSR count). The van der Waals surface area contributed by atoms with E-state index in [0.717, 1.165) is 24.3 Å². The Morgan fingerprint density at radius 3 is 1.34 bits per heavy atom. The highest BCUT2D eigenvalue weighted by atomic mass is 16.7. The molecule has 3 heterocycles. The third-order valence-electron chi connectivity index (χ3n) is 17.2. The number of fused-ring (bicyclic) bond motifs is 5. The van der Waals surface area contributed by atoms with Crippen molar-refractivity contribution in [3.8, 4) is 11.5 Å². The predicted molar refractivity (Wildman–Crippen MR) is 286 cm³/mol. The van der Waals surface area contributed by atoms with Gasteiger partial charge >= 0.3 is 6.03 Å². The molecule has 6 nitrogen and oxygen atoms in total. The smallest absolute Gasteiger partial charge is 0.341 e. The molecule has 2 fully saturated rings. The molecule has 0 amide bonds. The van der Waals surface area contributed by atoms with Crippen LogP contribution >= 0.6 is 0 Å². The Hall–Kier alpha value is -2.70. The summed E-state index contributed by atoms with van der Waals surface area (Å²) < 4.78 is 22.7. The van der Waals surface area contributed by atoms with E-state index < -0.39 is 6.03 Å². The minimum Gasteiger partial charge on any atom is -0.341 e. The van der Waals surface area contributed by atoms with E-state index in [1.807, 2.05) is 0 Å². The summed E-state index contributed by atoms with van der Waals surface area (Å²) in [5, 5.41) is 0. The molecule has 2 aromatic carbocycles. The molecule has 2 aromatic rings. The number of ether oxygens (including phenoxy) is 2. The van der Waals surface area contributed by atoms with Crippen molar-refractivity contribution < 1.29 is 27.6 Å². The monoisotopic (exact) mass is 925 g/mol. The van der Waals surface area contributed by atoms with Crippen LogP contribution in [0.2, 0.25) is 0 Å². The zero-order chi connectivity index (χ0) is 48.5. The van der Waals surface area contributed by atoms with Gasteiger partial charge in [-0.05, 0) is 123 Å². The largest absolute Gasteiger partial charge is 0.704 e. The highest BCUT2D eigenvalue weighted by Crippen LogP contribution is 2.48. The van der Waals surface area contributed by atoms with Crippen molar-refractivity contribution in [1.29, 1.82) is 0 Å². The number of benzene rings is 2. The van der Waals surface area contributed by atoms with E-state index in [1.165, 1.54) is 205 Å². The lowest BCUT2D eigenvalue weighted by Crippen LogP contribution is -2.60. The topological polar surface area (TPSA) is 24.5 Å². The molecule has 3 atom stereocenters. The van der Waals surface area contributed by atoms with Crippen LogP contribution in [0.3, 0.4) is 0 Å². The van der Waals surface area contributed by atoms with E-state index in [-0.39, 0.29) is 16.2 Å². The van der Waals surface area contributed by atoms with Gasteiger partial charge in [0.15, 0.2) is 23.9 Å². The minimum atomic E-state index is -1.03. The molecule has 0 N–H and O–H groups in total. The molecule has 3 aliphatic heterocycles. The third kappa shape index (κ3) is 12.3. The molecule has 1 spiro atoms. The van der Waals surface area contributed by atoms with E-state index >= 15 is 0 Å². The van der Waals surface area contributed by atoms with Crippen LogP contribution in [0.1, 0.15) is 246 Å². The van der Waals surface area contributed by atoms with Crippen LogP contribution in [0.25, 0.3) is 0 Å². The highest BCUT2D eigenvalue weighted by Gasteiger charge is 2.76. The van der Waals surface area contributed by atoms with Crippen molar-refractivity contribution in [3.05, 3.63) is 58.1 Å². The minimum absolute atomic E-state index is 0.0332. The molecule has 4 aliphatic rings. The van der Waals surface area contributed by atoms with Crippen LogP contribution in [-0.4, -0.2) is 101 Å². The first-order valence-electron chi connectivity index (χ1n) is 28.6. The summed E-state index contributed by atoms with van der Waals surface area (Å²) in [6.07, 6.45) is 30.6. The van der Waals surface area contributed by atoms with Crippen LogP contribution in [-0.2, 0) is 16.2 Å².